The zero-order valence-electron chi connectivity index (χ0n) is 12.7. The highest BCUT2D eigenvalue weighted by Crippen LogP contribution is 2.38. The van der Waals surface area contributed by atoms with Crippen molar-refractivity contribution in [3.8, 4) is 11.5 Å². The Balaban J connectivity index is 1.57. The third-order valence-electron chi connectivity index (χ3n) is 4.70. The predicted octanol–water partition coefficient (Wildman–Crippen LogP) is 3.72. The van der Waals surface area contributed by atoms with Gasteiger partial charge in [0.05, 0.1) is 0 Å². The molecule has 1 fully saturated rings. The number of hydrogen-bond donors (Lipinski definition) is 1. The fraction of sp³-hybridized carbons (Fsp3) is 0.647. The van der Waals surface area contributed by atoms with Gasteiger partial charge in [-0.3, -0.25) is 0 Å². The molecule has 0 spiro atoms. The molecule has 1 aromatic carbocycles. The third-order valence-corrected chi connectivity index (χ3v) is 4.70. The van der Waals surface area contributed by atoms with Crippen LogP contribution >= 0.6 is 0 Å². The van der Waals surface area contributed by atoms with Crippen molar-refractivity contribution in [3.63, 3.8) is 0 Å². The van der Waals surface area contributed by atoms with Crippen molar-refractivity contribution < 1.29 is 9.47 Å². The molecule has 110 valence electrons. The maximum atomic E-state index is 5.43. The lowest BCUT2D eigenvalue weighted by Crippen LogP contribution is -2.41. The Labute approximate surface area is 121 Å². The lowest BCUT2D eigenvalue weighted by Gasteiger charge is -2.39. The molecule has 1 saturated carbocycles. The fourth-order valence-corrected chi connectivity index (χ4v) is 3.55. The Morgan fingerprint density at radius 2 is 2.05 bits per heavy atom. The molecule has 1 aliphatic carbocycles. The minimum atomic E-state index is 0.348. The van der Waals surface area contributed by atoms with E-state index in [2.05, 4.69) is 38.2 Å². The average Bonchev–Trinajstić information content (AvgIpc) is 2.84. The Hall–Kier alpha value is -1.22. The van der Waals surface area contributed by atoms with E-state index in [1.54, 1.807) is 0 Å². The molecule has 2 unspecified atom stereocenters. The molecule has 1 N–H and O–H groups in total. The summed E-state index contributed by atoms with van der Waals surface area (Å²) < 4.78 is 10.8. The topological polar surface area (TPSA) is 30.5 Å². The van der Waals surface area contributed by atoms with Crippen LogP contribution in [0.15, 0.2) is 18.2 Å². The summed E-state index contributed by atoms with van der Waals surface area (Å²) in [6.45, 7) is 8.40. The summed E-state index contributed by atoms with van der Waals surface area (Å²) in [4.78, 5) is 0. The van der Waals surface area contributed by atoms with Gasteiger partial charge in [0.15, 0.2) is 11.5 Å². The lowest BCUT2D eigenvalue weighted by molar-refractivity contribution is 0.148. The van der Waals surface area contributed by atoms with E-state index in [4.69, 9.17) is 9.47 Å². The normalized spacial score (nSPS) is 27.6. The van der Waals surface area contributed by atoms with Gasteiger partial charge in [-0.1, -0.05) is 26.8 Å². The average molecular weight is 275 g/mol. The zero-order valence-corrected chi connectivity index (χ0v) is 12.7. The van der Waals surface area contributed by atoms with E-state index in [1.165, 1.54) is 24.8 Å². The molecule has 0 bridgehead atoms. The van der Waals surface area contributed by atoms with Crippen LogP contribution in [0.1, 0.15) is 45.6 Å². The molecule has 2 aliphatic rings. The molecular weight excluding hydrogens is 250 g/mol. The van der Waals surface area contributed by atoms with Crippen molar-refractivity contribution in [3.05, 3.63) is 23.8 Å². The summed E-state index contributed by atoms with van der Waals surface area (Å²) in [6.07, 6.45) is 3.90. The summed E-state index contributed by atoms with van der Waals surface area (Å²) >= 11 is 0. The van der Waals surface area contributed by atoms with Gasteiger partial charge in [0, 0.05) is 12.6 Å². The molecule has 3 rings (SSSR count). The minimum absolute atomic E-state index is 0.348. The van der Waals surface area contributed by atoms with Crippen LogP contribution in [-0.2, 0) is 6.54 Å². The molecule has 1 heterocycles. The van der Waals surface area contributed by atoms with Crippen molar-refractivity contribution in [2.75, 3.05) is 6.79 Å². The fourth-order valence-electron chi connectivity index (χ4n) is 3.55. The second-order valence-electron chi connectivity index (χ2n) is 7.06. The summed E-state index contributed by atoms with van der Waals surface area (Å²) in [5.41, 5.74) is 1.78. The van der Waals surface area contributed by atoms with E-state index < -0.39 is 0 Å². The molecule has 3 nitrogen and oxygen atoms in total. The van der Waals surface area contributed by atoms with Gasteiger partial charge in [0.25, 0.3) is 0 Å². The molecule has 0 aromatic heterocycles. The van der Waals surface area contributed by atoms with Crippen LogP contribution in [0.4, 0.5) is 0 Å². The monoisotopic (exact) mass is 275 g/mol. The SMILES string of the molecule is CC1CC(C)(C)CCC1NCc1ccc2c(c1)OCO2. The van der Waals surface area contributed by atoms with Gasteiger partial charge in [-0.05, 0) is 48.3 Å². The molecule has 0 saturated heterocycles. The van der Waals surface area contributed by atoms with Crippen molar-refractivity contribution in [2.24, 2.45) is 11.3 Å². The summed E-state index contributed by atoms with van der Waals surface area (Å²) in [5.74, 6) is 2.48. The van der Waals surface area contributed by atoms with E-state index in [-0.39, 0.29) is 0 Å². The van der Waals surface area contributed by atoms with Crippen LogP contribution in [0, 0.1) is 11.3 Å². The quantitative estimate of drug-likeness (QED) is 0.912. The van der Waals surface area contributed by atoms with Crippen molar-refractivity contribution in [2.45, 2.75) is 52.6 Å². The summed E-state index contributed by atoms with van der Waals surface area (Å²) in [7, 11) is 0. The van der Waals surface area contributed by atoms with Crippen LogP contribution in [0.5, 0.6) is 11.5 Å². The maximum Gasteiger partial charge on any atom is 0.231 e. The van der Waals surface area contributed by atoms with E-state index in [0.717, 1.165) is 24.0 Å². The minimum Gasteiger partial charge on any atom is -0.454 e. The zero-order chi connectivity index (χ0) is 14.2. The molecule has 1 aliphatic heterocycles. The van der Waals surface area contributed by atoms with Gasteiger partial charge < -0.3 is 14.8 Å². The number of fused-ring (bicyclic) bond motifs is 1. The third kappa shape index (κ3) is 2.93. The van der Waals surface area contributed by atoms with Gasteiger partial charge in [-0.15, -0.1) is 0 Å². The van der Waals surface area contributed by atoms with Gasteiger partial charge in [0.2, 0.25) is 6.79 Å². The predicted molar refractivity (Wildman–Crippen MR) is 80.0 cm³/mol. The number of rotatable bonds is 3. The second kappa shape index (κ2) is 5.28. The Morgan fingerprint density at radius 1 is 1.25 bits per heavy atom. The molecule has 1 aromatic rings. The largest absolute Gasteiger partial charge is 0.454 e. The first kappa shape index (κ1) is 13.7. The maximum absolute atomic E-state index is 5.43. The van der Waals surface area contributed by atoms with Crippen molar-refractivity contribution >= 4 is 0 Å². The Kier molecular flexibility index (Phi) is 3.63. The standard InChI is InChI=1S/C17H25NO2/c1-12-9-17(2,3)7-6-14(12)18-10-13-4-5-15-16(8-13)20-11-19-15/h4-5,8,12,14,18H,6-7,9-11H2,1-3H3. The van der Waals surface area contributed by atoms with Crippen LogP contribution in [-0.4, -0.2) is 12.8 Å². The van der Waals surface area contributed by atoms with Gasteiger partial charge in [-0.25, -0.2) is 0 Å². The second-order valence-corrected chi connectivity index (χ2v) is 7.06. The number of benzene rings is 1. The highest BCUT2D eigenvalue weighted by Gasteiger charge is 2.31. The molecule has 3 heteroatoms. The first-order valence-corrected chi connectivity index (χ1v) is 7.65. The Morgan fingerprint density at radius 3 is 2.85 bits per heavy atom. The van der Waals surface area contributed by atoms with Crippen LogP contribution in [0.2, 0.25) is 0 Å². The van der Waals surface area contributed by atoms with Crippen LogP contribution in [0.3, 0.4) is 0 Å². The van der Waals surface area contributed by atoms with Crippen molar-refractivity contribution in [1.82, 2.24) is 5.32 Å². The molecule has 2 atom stereocenters. The number of hydrogen-bond acceptors (Lipinski definition) is 3. The summed E-state index contributed by atoms with van der Waals surface area (Å²) in [5, 5.41) is 3.72. The summed E-state index contributed by atoms with van der Waals surface area (Å²) in [6, 6.07) is 6.85. The van der Waals surface area contributed by atoms with Crippen molar-refractivity contribution in [1.29, 1.82) is 0 Å². The highest BCUT2D eigenvalue weighted by molar-refractivity contribution is 5.44. The van der Waals surface area contributed by atoms with Gasteiger partial charge in [-0.2, -0.15) is 0 Å². The van der Waals surface area contributed by atoms with E-state index in [9.17, 15) is 0 Å². The molecule has 0 radical (unpaired) electrons. The number of ether oxygens (including phenoxy) is 2. The van der Waals surface area contributed by atoms with Crippen LogP contribution in [0.25, 0.3) is 0 Å². The van der Waals surface area contributed by atoms with Gasteiger partial charge >= 0.3 is 0 Å². The molecular formula is C17H25NO2. The van der Waals surface area contributed by atoms with E-state index in [1.807, 2.05) is 6.07 Å². The van der Waals surface area contributed by atoms with E-state index >= 15 is 0 Å². The lowest BCUT2D eigenvalue weighted by atomic mass is 9.70. The highest BCUT2D eigenvalue weighted by atomic mass is 16.7. The first-order valence-electron chi connectivity index (χ1n) is 7.65. The van der Waals surface area contributed by atoms with E-state index in [0.29, 0.717) is 18.2 Å². The number of nitrogens with one attached hydrogen (secondary N) is 1. The first-order chi connectivity index (χ1) is 9.53. The Bertz CT molecular complexity index is 484. The molecule has 20 heavy (non-hydrogen) atoms. The smallest absolute Gasteiger partial charge is 0.231 e. The van der Waals surface area contributed by atoms with Crippen LogP contribution < -0.4 is 14.8 Å². The van der Waals surface area contributed by atoms with Gasteiger partial charge in [0.1, 0.15) is 0 Å². The molecule has 0 amide bonds.